The summed E-state index contributed by atoms with van der Waals surface area (Å²) in [5.74, 6) is 0. The van der Waals surface area contributed by atoms with Crippen molar-refractivity contribution in [2.45, 2.75) is 6.42 Å². The lowest BCUT2D eigenvalue weighted by molar-refractivity contribution is 0.291. The molecule has 1 aromatic carbocycles. The molecule has 0 amide bonds. The second-order valence-electron chi connectivity index (χ2n) is 2.93. The Bertz CT molecular complexity index is 283. The molecule has 0 bridgehead atoms. The molecule has 0 aliphatic rings. The van der Waals surface area contributed by atoms with Crippen LogP contribution >= 0.6 is 0 Å². The molecule has 0 atom stereocenters. The van der Waals surface area contributed by atoms with Gasteiger partial charge in [0.25, 0.3) is 0 Å². The Labute approximate surface area is 83.7 Å². The van der Waals surface area contributed by atoms with E-state index in [9.17, 15) is 0 Å². The maximum Gasteiger partial charge on any atom is 0.0854 e. The Morgan fingerprint density at radius 3 is 2.43 bits per heavy atom. The van der Waals surface area contributed by atoms with E-state index in [1.54, 1.807) is 0 Å². The molecule has 0 heterocycles. The quantitative estimate of drug-likeness (QED) is 0.538. The molecule has 0 saturated carbocycles. The van der Waals surface area contributed by atoms with Crippen LogP contribution < -0.4 is 0 Å². The van der Waals surface area contributed by atoms with Crippen LogP contribution in [0.3, 0.4) is 0 Å². The molecule has 0 unspecified atom stereocenters. The maximum absolute atomic E-state index is 9.09. The minimum atomic E-state index is -0.0601. The first-order valence-electron chi connectivity index (χ1n) is 4.69. The Hall–Kier alpha value is -1.19. The van der Waals surface area contributed by atoms with Crippen molar-refractivity contribution < 1.29 is 10.2 Å². The predicted molar refractivity (Wildman–Crippen MR) is 56.6 cm³/mol. The van der Waals surface area contributed by atoms with Crippen molar-refractivity contribution in [3.05, 3.63) is 35.9 Å². The average molecular weight is 193 g/mol. The molecule has 14 heavy (non-hydrogen) atoms. The fourth-order valence-electron chi connectivity index (χ4n) is 1.15. The summed E-state index contributed by atoms with van der Waals surface area (Å²) in [5, 5.41) is 17.7. The maximum atomic E-state index is 9.09. The highest BCUT2D eigenvalue weighted by atomic mass is 16.3. The lowest BCUT2D eigenvalue weighted by Crippen LogP contribution is -2.07. The first-order chi connectivity index (χ1) is 6.88. The second-order valence-corrected chi connectivity index (χ2v) is 2.93. The highest BCUT2D eigenvalue weighted by molar-refractivity contribution is 6.01. The number of hydrogen-bond donors (Lipinski definition) is 2. The van der Waals surface area contributed by atoms with Crippen molar-refractivity contribution in [2.75, 3.05) is 19.8 Å². The molecule has 2 N–H and O–H groups in total. The summed E-state index contributed by atoms with van der Waals surface area (Å²) in [4.78, 5) is 4.21. The van der Waals surface area contributed by atoms with Gasteiger partial charge in [-0.05, 0) is 12.0 Å². The van der Waals surface area contributed by atoms with Gasteiger partial charge in [-0.2, -0.15) is 0 Å². The third-order valence-electron chi connectivity index (χ3n) is 1.88. The zero-order chi connectivity index (χ0) is 10.2. The molecule has 0 aromatic heterocycles. The van der Waals surface area contributed by atoms with Crippen molar-refractivity contribution in [1.29, 1.82) is 0 Å². The SMILES string of the molecule is OCCCN=C(CO)c1ccccc1. The van der Waals surface area contributed by atoms with Gasteiger partial charge < -0.3 is 10.2 Å². The molecule has 1 rings (SSSR count). The summed E-state index contributed by atoms with van der Waals surface area (Å²) in [6.07, 6.45) is 0.635. The number of benzene rings is 1. The summed E-state index contributed by atoms with van der Waals surface area (Å²) < 4.78 is 0. The van der Waals surface area contributed by atoms with Crippen LogP contribution in [0, 0.1) is 0 Å². The van der Waals surface area contributed by atoms with Gasteiger partial charge in [-0.15, -0.1) is 0 Å². The van der Waals surface area contributed by atoms with Crippen LogP contribution in [0.4, 0.5) is 0 Å². The van der Waals surface area contributed by atoms with Crippen LogP contribution in [0.1, 0.15) is 12.0 Å². The second kappa shape index (κ2) is 6.29. The van der Waals surface area contributed by atoms with Gasteiger partial charge >= 0.3 is 0 Å². The average Bonchev–Trinajstić information content (AvgIpc) is 2.26. The van der Waals surface area contributed by atoms with Crippen molar-refractivity contribution in [2.24, 2.45) is 4.99 Å². The highest BCUT2D eigenvalue weighted by Crippen LogP contribution is 2.01. The van der Waals surface area contributed by atoms with Crippen LogP contribution in [0.25, 0.3) is 0 Å². The van der Waals surface area contributed by atoms with Gasteiger partial charge in [0.1, 0.15) is 0 Å². The van der Waals surface area contributed by atoms with E-state index in [0.29, 0.717) is 18.7 Å². The number of hydrogen-bond acceptors (Lipinski definition) is 3. The highest BCUT2D eigenvalue weighted by Gasteiger charge is 1.99. The van der Waals surface area contributed by atoms with Gasteiger partial charge in [-0.1, -0.05) is 30.3 Å². The van der Waals surface area contributed by atoms with E-state index < -0.39 is 0 Å². The molecule has 0 fully saturated rings. The van der Waals surface area contributed by atoms with E-state index in [0.717, 1.165) is 5.56 Å². The van der Waals surface area contributed by atoms with Crippen LogP contribution in [-0.2, 0) is 0 Å². The molecule has 3 nitrogen and oxygen atoms in total. The Kier molecular flexibility index (Phi) is 4.89. The summed E-state index contributed by atoms with van der Waals surface area (Å²) >= 11 is 0. The number of rotatable bonds is 5. The van der Waals surface area contributed by atoms with Gasteiger partial charge in [-0.3, -0.25) is 4.99 Å². The number of aliphatic hydroxyl groups excluding tert-OH is 2. The minimum absolute atomic E-state index is 0.0601. The van der Waals surface area contributed by atoms with Crippen LogP contribution in [-0.4, -0.2) is 35.7 Å². The molecule has 0 aliphatic carbocycles. The van der Waals surface area contributed by atoms with Gasteiger partial charge in [0.2, 0.25) is 0 Å². The van der Waals surface area contributed by atoms with Gasteiger partial charge in [-0.25, -0.2) is 0 Å². The zero-order valence-electron chi connectivity index (χ0n) is 8.06. The standard InChI is InChI=1S/C11H15NO2/c13-8-4-7-12-11(9-14)10-5-2-1-3-6-10/h1-3,5-6,13-14H,4,7-9H2. The summed E-state index contributed by atoms with van der Waals surface area (Å²) in [6.45, 7) is 0.633. The zero-order valence-corrected chi connectivity index (χ0v) is 8.06. The summed E-state index contributed by atoms with van der Waals surface area (Å²) in [5.41, 5.74) is 1.62. The van der Waals surface area contributed by atoms with Crippen molar-refractivity contribution in [3.63, 3.8) is 0 Å². The van der Waals surface area contributed by atoms with Crippen molar-refractivity contribution in [1.82, 2.24) is 0 Å². The molecular weight excluding hydrogens is 178 g/mol. The number of aliphatic hydroxyl groups is 2. The predicted octanol–water partition coefficient (Wildman–Crippen LogP) is 0.850. The largest absolute Gasteiger partial charge is 0.396 e. The van der Waals surface area contributed by atoms with Gasteiger partial charge in [0.05, 0.1) is 12.3 Å². The third kappa shape index (κ3) is 3.28. The number of nitrogens with zero attached hydrogens (tertiary/aromatic N) is 1. The molecule has 0 saturated heterocycles. The summed E-state index contributed by atoms with van der Waals surface area (Å²) in [6, 6.07) is 9.56. The van der Waals surface area contributed by atoms with E-state index in [-0.39, 0.29) is 13.2 Å². The molecule has 0 radical (unpaired) electrons. The van der Waals surface area contributed by atoms with Gasteiger partial charge in [0, 0.05) is 13.2 Å². The van der Waals surface area contributed by atoms with Crippen LogP contribution in [0.5, 0.6) is 0 Å². The van der Waals surface area contributed by atoms with Gasteiger partial charge in [0.15, 0.2) is 0 Å². The monoisotopic (exact) mass is 193 g/mol. The molecule has 76 valence electrons. The third-order valence-corrected chi connectivity index (χ3v) is 1.88. The molecular formula is C11H15NO2. The Morgan fingerprint density at radius 2 is 1.86 bits per heavy atom. The first kappa shape index (κ1) is 10.9. The van der Waals surface area contributed by atoms with E-state index >= 15 is 0 Å². The van der Waals surface area contributed by atoms with E-state index in [1.807, 2.05) is 30.3 Å². The minimum Gasteiger partial charge on any atom is -0.396 e. The number of aliphatic imine (C=N–C) groups is 1. The van der Waals surface area contributed by atoms with E-state index in [4.69, 9.17) is 10.2 Å². The topological polar surface area (TPSA) is 52.8 Å². The molecule has 1 aromatic rings. The Morgan fingerprint density at radius 1 is 1.14 bits per heavy atom. The lowest BCUT2D eigenvalue weighted by atomic mass is 10.1. The molecule has 3 heteroatoms. The van der Waals surface area contributed by atoms with E-state index in [2.05, 4.69) is 4.99 Å². The molecule has 0 aliphatic heterocycles. The van der Waals surface area contributed by atoms with E-state index in [1.165, 1.54) is 0 Å². The lowest BCUT2D eigenvalue weighted by Gasteiger charge is -2.02. The van der Waals surface area contributed by atoms with Crippen molar-refractivity contribution >= 4 is 5.71 Å². The van der Waals surface area contributed by atoms with Crippen LogP contribution in [0.15, 0.2) is 35.3 Å². The smallest absolute Gasteiger partial charge is 0.0854 e. The molecule has 0 spiro atoms. The summed E-state index contributed by atoms with van der Waals surface area (Å²) in [7, 11) is 0. The Balaban J connectivity index is 2.67. The first-order valence-corrected chi connectivity index (χ1v) is 4.69. The normalized spacial score (nSPS) is 11.7. The fourth-order valence-corrected chi connectivity index (χ4v) is 1.15. The van der Waals surface area contributed by atoms with Crippen LogP contribution in [0.2, 0.25) is 0 Å². The fraction of sp³-hybridized carbons (Fsp3) is 0.364. The van der Waals surface area contributed by atoms with Crippen molar-refractivity contribution in [3.8, 4) is 0 Å².